The van der Waals surface area contributed by atoms with Gasteiger partial charge in [-0.1, -0.05) is 6.07 Å². The van der Waals surface area contributed by atoms with Gasteiger partial charge in [-0.15, -0.1) is 0 Å². The standard InChI is InChI=1S/C16H12O6/c1-21-15(19)10-5-7-13(8-6-10)22-16(20)12-4-2-3-11(9-12)14(17)18/h2-9H,1H3,(H,17,18). The Morgan fingerprint density at radius 1 is 0.864 bits per heavy atom. The molecule has 0 heterocycles. The lowest BCUT2D eigenvalue weighted by Crippen LogP contribution is -2.10. The van der Waals surface area contributed by atoms with Crippen LogP contribution >= 0.6 is 0 Å². The van der Waals surface area contributed by atoms with Gasteiger partial charge in [-0.3, -0.25) is 0 Å². The fourth-order valence-corrected chi connectivity index (χ4v) is 1.72. The topological polar surface area (TPSA) is 89.9 Å². The van der Waals surface area contributed by atoms with Gasteiger partial charge in [0.1, 0.15) is 5.75 Å². The Morgan fingerprint density at radius 3 is 2.09 bits per heavy atom. The molecule has 0 aliphatic heterocycles. The first-order chi connectivity index (χ1) is 10.5. The lowest BCUT2D eigenvalue weighted by Gasteiger charge is -2.06. The van der Waals surface area contributed by atoms with Crippen molar-refractivity contribution in [3.05, 3.63) is 65.2 Å². The minimum Gasteiger partial charge on any atom is -0.478 e. The van der Waals surface area contributed by atoms with Gasteiger partial charge in [-0.05, 0) is 42.5 Å². The van der Waals surface area contributed by atoms with E-state index in [2.05, 4.69) is 4.74 Å². The van der Waals surface area contributed by atoms with Crippen molar-refractivity contribution in [2.75, 3.05) is 7.11 Å². The number of hydrogen-bond donors (Lipinski definition) is 1. The van der Waals surface area contributed by atoms with Crippen molar-refractivity contribution in [2.24, 2.45) is 0 Å². The second-order valence-electron chi connectivity index (χ2n) is 4.29. The van der Waals surface area contributed by atoms with Crippen LogP contribution in [0.15, 0.2) is 48.5 Å². The Balaban J connectivity index is 2.13. The van der Waals surface area contributed by atoms with E-state index >= 15 is 0 Å². The normalized spacial score (nSPS) is 9.86. The van der Waals surface area contributed by atoms with E-state index in [1.165, 1.54) is 55.6 Å². The molecule has 6 heteroatoms. The number of esters is 2. The molecule has 0 saturated carbocycles. The summed E-state index contributed by atoms with van der Waals surface area (Å²) in [5.74, 6) is -2.07. The third kappa shape index (κ3) is 3.49. The zero-order valence-electron chi connectivity index (χ0n) is 11.6. The van der Waals surface area contributed by atoms with Gasteiger partial charge in [0.2, 0.25) is 0 Å². The number of rotatable bonds is 4. The van der Waals surface area contributed by atoms with Crippen LogP contribution in [0.1, 0.15) is 31.1 Å². The third-order valence-electron chi connectivity index (χ3n) is 2.83. The number of benzene rings is 2. The number of methoxy groups -OCH3 is 1. The van der Waals surface area contributed by atoms with Crippen LogP contribution in [0.25, 0.3) is 0 Å². The first-order valence-corrected chi connectivity index (χ1v) is 6.25. The van der Waals surface area contributed by atoms with Crippen molar-refractivity contribution in [1.29, 1.82) is 0 Å². The summed E-state index contributed by atoms with van der Waals surface area (Å²) >= 11 is 0. The van der Waals surface area contributed by atoms with Crippen LogP contribution in [0, 0.1) is 0 Å². The Hall–Kier alpha value is -3.15. The van der Waals surface area contributed by atoms with Crippen LogP contribution in [-0.2, 0) is 4.74 Å². The molecule has 0 aromatic heterocycles. The van der Waals surface area contributed by atoms with Crippen LogP contribution in [0.4, 0.5) is 0 Å². The number of aromatic carboxylic acids is 1. The average Bonchev–Trinajstić information content (AvgIpc) is 2.54. The smallest absolute Gasteiger partial charge is 0.343 e. The first-order valence-electron chi connectivity index (χ1n) is 6.25. The van der Waals surface area contributed by atoms with Crippen LogP contribution in [-0.4, -0.2) is 30.1 Å². The van der Waals surface area contributed by atoms with Crippen molar-refractivity contribution in [3.8, 4) is 5.75 Å². The molecule has 0 aliphatic rings. The molecule has 2 aromatic carbocycles. The molecule has 0 radical (unpaired) electrons. The number of carboxylic acids is 1. The van der Waals surface area contributed by atoms with E-state index in [0.717, 1.165) is 0 Å². The molecule has 0 unspecified atom stereocenters. The van der Waals surface area contributed by atoms with Crippen LogP contribution in [0.2, 0.25) is 0 Å². The molecule has 2 aromatic rings. The maximum absolute atomic E-state index is 12.0. The van der Waals surface area contributed by atoms with E-state index in [1.807, 2.05) is 0 Å². The Bertz CT molecular complexity index is 718. The predicted molar refractivity (Wildman–Crippen MR) is 76.1 cm³/mol. The highest BCUT2D eigenvalue weighted by Gasteiger charge is 2.12. The molecule has 0 spiro atoms. The highest BCUT2D eigenvalue weighted by atomic mass is 16.5. The molecule has 6 nitrogen and oxygen atoms in total. The largest absolute Gasteiger partial charge is 0.478 e. The number of carboxylic acid groups (broad SMARTS) is 1. The Labute approximate surface area is 125 Å². The molecule has 2 rings (SSSR count). The highest BCUT2D eigenvalue weighted by Crippen LogP contribution is 2.15. The fraction of sp³-hybridized carbons (Fsp3) is 0.0625. The van der Waals surface area contributed by atoms with Crippen LogP contribution < -0.4 is 4.74 Å². The summed E-state index contributed by atoms with van der Waals surface area (Å²) in [6.07, 6.45) is 0. The summed E-state index contributed by atoms with van der Waals surface area (Å²) in [5.41, 5.74) is 0.447. The minimum atomic E-state index is -1.13. The molecule has 0 saturated heterocycles. The number of hydrogen-bond acceptors (Lipinski definition) is 5. The average molecular weight is 300 g/mol. The van der Waals surface area contributed by atoms with E-state index in [-0.39, 0.29) is 16.9 Å². The molecular weight excluding hydrogens is 288 g/mol. The van der Waals surface area contributed by atoms with Gasteiger partial charge in [0.05, 0.1) is 23.8 Å². The zero-order chi connectivity index (χ0) is 16.1. The Kier molecular flexibility index (Phi) is 4.53. The van der Waals surface area contributed by atoms with Crippen molar-refractivity contribution in [2.45, 2.75) is 0 Å². The zero-order valence-corrected chi connectivity index (χ0v) is 11.6. The molecule has 1 N–H and O–H groups in total. The Morgan fingerprint density at radius 2 is 1.50 bits per heavy atom. The number of ether oxygens (including phenoxy) is 2. The van der Waals surface area contributed by atoms with Gasteiger partial charge in [-0.2, -0.15) is 0 Å². The summed E-state index contributed by atoms with van der Waals surface area (Å²) in [7, 11) is 1.27. The van der Waals surface area contributed by atoms with E-state index in [1.54, 1.807) is 0 Å². The molecule has 0 aliphatic carbocycles. The number of carbonyl (C=O) groups excluding carboxylic acids is 2. The number of carbonyl (C=O) groups is 3. The second kappa shape index (κ2) is 6.53. The van der Waals surface area contributed by atoms with E-state index in [4.69, 9.17) is 9.84 Å². The lowest BCUT2D eigenvalue weighted by atomic mass is 10.1. The second-order valence-corrected chi connectivity index (χ2v) is 4.29. The SMILES string of the molecule is COC(=O)c1ccc(OC(=O)c2cccc(C(=O)O)c2)cc1. The van der Waals surface area contributed by atoms with Gasteiger partial charge in [-0.25, -0.2) is 14.4 Å². The summed E-state index contributed by atoms with van der Waals surface area (Å²) in [6.45, 7) is 0. The molecular formula is C16H12O6. The van der Waals surface area contributed by atoms with Crippen molar-refractivity contribution in [3.63, 3.8) is 0 Å². The maximum atomic E-state index is 12.0. The van der Waals surface area contributed by atoms with Gasteiger partial charge in [0, 0.05) is 0 Å². The molecule has 0 atom stereocenters. The molecule has 22 heavy (non-hydrogen) atoms. The van der Waals surface area contributed by atoms with Gasteiger partial charge < -0.3 is 14.6 Å². The van der Waals surface area contributed by atoms with E-state index in [0.29, 0.717) is 5.56 Å². The summed E-state index contributed by atoms with van der Waals surface area (Å²) in [6, 6.07) is 11.3. The molecule has 0 amide bonds. The first kappa shape index (κ1) is 15.2. The molecule has 0 bridgehead atoms. The maximum Gasteiger partial charge on any atom is 0.343 e. The third-order valence-corrected chi connectivity index (χ3v) is 2.83. The van der Waals surface area contributed by atoms with Crippen LogP contribution in [0.3, 0.4) is 0 Å². The quantitative estimate of drug-likeness (QED) is 0.688. The summed E-state index contributed by atoms with van der Waals surface area (Å²) in [5, 5.41) is 8.89. The lowest BCUT2D eigenvalue weighted by molar-refractivity contribution is 0.0599. The van der Waals surface area contributed by atoms with Gasteiger partial charge >= 0.3 is 17.9 Å². The van der Waals surface area contributed by atoms with Gasteiger partial charge in [0.15, 0.2) is 0 Å². The van der Waals surface area contributed by atoms with Crippen molar-refractivity contribution < 1.29 is 29.0 Å². The predicted octanol–water partition coefficient (Wildman–Crippen LogP) is 2.39. The van der Waals surface area contributed by atoms with Crippen LogP contribution in [0.5, 0.6) is 5.75 Å². The minimum absolute atomic E-state index is 0.00418. The highest BCUT2D eigenvalue weighted by molar-refractivity contribution is 5.95. The van der Waals surface area contributed by atoms with Gasteiger partial charge in [0.25, 0.3) is 0 Å². The van der Waals surface area contributed by atoms with Crippen molar-refractivity contribution >= 4 is 17.9 Å². The monoisotopic (exact) mass is 300 g/mol. The molecule has 112 valence electrons. The van der Waals surface area contributed by atoms with E-state index < -0.39 is 17.9 Å². The van der Waals surface area contributed by atoms with E-state index in [9.17, 15) is 14.4 Å². The summed E-state index contributed by atoms with van der Waals surface area (Å²) < 4.78 is 9.68. The van der Waals surface area contributed by atoms with Crippen molar-refractivity contribution in [1.82, 2.24) is 0 Å². The summed E-state index contributed by atoms with van der Waals surface area (Å²) in [4.78, 5) is 34.1. The fourth-order valence-electron chi connectivity index (χ4n) is 1.72. The molecule has 0 fully saturated rings.